The summed E-state index contributed by atoms with van der Waals surface area (Å²) in [5.74, 6) is -0.866. The van der Waals surface area contributed by atoms with Gasteiger partial charge in [-0.25, -0.2) is 4.39 Å². The quantitative estimate of drug-likeness (QED) is 0.349. The van der Waals surface area contributed by atoms with Gasteiger partial charge >= 0.3 is 0 Å². The van der Waals surface area contributed by atoms with Crippen molar-refractivity contribution < 1.29 is 23.6 Å². The molecule has 0 aromatic heterocycles. The largest absolute Gasteiger partial charge is 0.484 e. The third kappa shape index (κ3) is 6.53. The molecule has 0 spiro atoms. The van der Waals surface area contributed by atoms with Crippen molar-refractivity contribution in [2.24, 2.45) is 0 Å². The van der Waals surface area contributed by atoms with Crippen molar-refractivity contribution in [1.82, 2.24) is 5.32 Å². The van der Waals surface area contributed by atoms with Gasteiger partial charge in [-0.05, 0) is 49.4 Å². The van der Waals surface area contributed by atoms with E-state index in [4.69, 9.17) is 4.74 Å². The molecule has 0 aliphatic heterocycles. The molecule has 10 heteroatoms. The van der Waals surface area contributed by atoms with Crippen LogP contribution < -0.4 is 15.4 Å². The van der Waals surface area contributed by atoms with Gasteiger partial charge in [-0.2, -0.15) is 0 Å². The standard InChI is InChI=1S/C23H20FN3O5S/c1-2-25-22(28)14-32-17-10-7-15(8-11-17)26-23(29)18-13-16(27(30)31)9-12-20(18)33-21-6-4-3-5-19(21)24/h3-13H,2,14H2,1H3,(H,25,28)(H,26,29). The van der Waals surface area contributed by atoms with Gasteiger partial charge in [0.1, 0.15) is 11.6 Å². The van der Waals surface area contributed by atoms with Gasteiger partial charge < -0.3 is 15.4 Å². The van der Waals surface area contributed by atoms with Crippen LogP contribution in [0, 0.1) is 15.9 Å². The molecule has 8 nitrogen and oxygen atoms in total. The van der Waals surface area contributed by atoms with Crippen molar-refractivity contribution in [1.29, 1.82) is 0 Å². The summed E-state index contributed by atoms with van der Waals surface area (Å²) >= 11 is 1.000. The average Bonchev–Trinajstić information content (AvgIpc) is 2.80. The minimum atomic E-state index is -0.602. The van der Waals surface area contributed by atoms with E-state index in [1.807, 2.05) is 0 Å². The molecule has 3 aromatic rings. The molecule has 0 heterocycles. The van der Waals surface area contributed by atoms with E-state index in [9.17, 15) is 24.1 Å². The Morgan fingerprint density at radius 2 is 1.79 bits per heavy atom. The zero-order valence-corrected chi connectivity index (χ0v) is 18.4. The summed E-state index contributed by atoms with van der Waals surface area (Å²) in [5.41, 5.74) is 0.194. The number of nitro benzene ring substituents is 1. The molecule has 2 amide bonds. The fourth-order valence-corrected chi connectivity index (χ4v) is 3.72. The number of anilines is 1. The van der Waals surface area contributed by atoms with Crippen LogP contribution in [0.3, 0.4) is 0 Å². The lowest BCUT2D eigenvalue weighted by Gasteiger charge is -2.11. The highest BCUT2D eigenvalue weighted by Gasteiger charge is 2.19. The van der Waals surface area contributed by atoms with Crippen LogP contribution in [0.15, 0.2) is 76.5 Å². The monoisotopic (exact) mass is 469 g/mol. The Labute approximate surface area is 193 Å². The van der Waals surface area contributed by atoms with E-state index in [0.29, 0.717) is 22.9 Å². The number of carbonyl (C=O) groups excluding carboxylic acids is 2. The Morgan fingerprint density at radius 3 is 2.45 bits per heavy atom. The Bertz CT molecular complexity index is 1170. The first kappa shape index (κ1) is 23.7. The molecule has 0 saturated heterocycles. The molecule has 0 fully saturated rings. The zero-order valence-electron chi connectivity index (χ0n) is 17.5. The number of benzene rings is 3. The zero-order chi connectivity index (χ0) is 23.8. The smallest absolute Gasteiger partial charge is 0.270 e. The van der Waals surface area contributed by atoms with Crippen molar-refractivity contribution in [3.63, 3.8) is 0 Å². The number of non-ortho nitro benzene ring substituents is 1. The number of ether oxygens (including phenoxy) is 1. The maximum absolute atomic E-state index is 14.1. The van der Waals surface area contributed by atoms with Crippen LogP contribution in [0.25, 0.3) is 0 Å². The first-order valence-corrected chi connectivity index (χ1v) is 10.7. The molecule has 33 heavy (non-hydrogen) atoms. The molecule has 0 saturated carbocycles. The number of hydrogen-bond donors (Lipinski definition) is 2. The van der Waals surface area contributed by atoms with Crippen LogP contribution in [0.4, 0.5) is 15.8 Å². The SMILES string of the molecule is CCNC(=O)COc1ccc(NC(=O)c2cc([N+](=O)[O-])ccc2Sc2ccccc2F)cc1. The molecule has 2 N–H and O–H groups in total. The molecule has 0 unspecified atom stereocenters. The van der Waals surface area contributed by atoms with Crippen molar-refractivity contribution in [3.05, 3.63) is 88.2 Å². The third-order valence-corrected chi connectivity index (χ3v) is 5.46. The van der Waals surface area contributed by atoms with Crippen molar-refractivity contribution in [2.45, 2.75) is 16.7 Å². The van der Waals surface area contributed by atoms with E-state index < -0.39 is 16.6 Å². The van der Waals surface area contributed by atoms with Crippen LogP contribution in [0.1, 0.15) is 17.3 Å². The number of carbonyl (C=O) groups is 2. The molecule has 0 aliphatic rings. The van der Waals surface area contributed by atoms with E-state index in [1.54, 1.807) is 49.4 Å². The number of nitro groups is 1. The molecule has 0 bridgehead atoms. The Balaban J connectivity index is 1.78. The second-order valence-electron chi connectivity index (χ2n) is 6.69. The number of nitrogens with zero attached hydrogens (tertiary/aromatic N) is 1. The Hall–Kier alpha value is -3.92. The first-order chi connectivity index (χ1) is 15.9. The van der Waals surface area contributed by atoms with Gasteiger partial charge in [0.15, 0.2) is 6.61 Å². The number of halogens is 1. The molecule has 0 atom stereocenters. The lowest BCUT2D eigenvalue weighted by Crippen LogP contribution is -2.28. The first-order valence-electron chi connectivity index (χ1n) is 9.89. The number of nitrogens with one attached hydrogen (secondary N) is 2. The summed E-state index contributed by atoms with van der Waals surface area (Å²) in [6.45, 7) is 2.17. The summed E-state index contributed by atoms with van der Waals surface area (Å²) in [6.07, 6.45) is 0. The molecule has 170 valence electrons. The Kier molecular flexibility index (Phi) is 7.98. The summed E-state index contributed by atoms with van der Waals surface area (Å²) in [4.78, 5) is 35.7. The molecular weight excluding hydrogens is 449 g/mol. The van der Waals surface area contributed by atoms with Gasteiger partial charge in [-0.15, -0.1) is 0 Å². The second kappa shape index (κ2) is 11.1. The number of rotatable bonds is 9. The van der Waals surface area contributed by atoms with E-state index in [0.717, 1.165) is 17.8 Å². The van der Waals surface area contributed by atoms with Gasteiger partial charge in [0.25, 0.3) is 17.5 Å². The van der Waals surface area contributed by atoms with E-state index in [2.05, 4.69) is 10.6 Å². The van der Waals surface area contributed by atoms with Crippen molar-refractivity contribution in [3.8, 4) is 5.75 Å². The summed E-state index contributed by atoms with van der Waals surface area (Å²) in [6, 6.07) is 16.2. The predicted octanol–water partition coefficient (Wildman–Crippen LogP) is 4.65. The van der Waals surface area contributed by atoms with Gasteiger partial charge in [-0.1, -0.05) is 23.9 Å². The van der Waals surface area contributed by atoms with Gasteiger partial charge in [-0.3, -0.25) is 19.7 Å². The maximum atomic E-state index is 14.1. The second-order valence-corrected chi connectivity index (χ2v) is 7.77. The lowest BCUT2D eigenvalue weighted by molar-refractivity contribution is -0.384. The summed E-state index contributed by atoms with van der Waals surface area (Å²) in [7, 11) is 0. The lowest BCUT2D eigenvalue weighted by atomic mass is 10.2. The van der Waals surface area contributed by atoms with Crippen LogP contribution in [-0.4, -0.2) is 29.9 Å². The van der Waals surface area contributed by atoms with Crippen LogP contribution in [0.5, 0.6) is 5.75 Å². The van der Waals surface area contributed by atoms with E-state index in [-0.39, 0.29) is 28.7 Å². The highest BCUT2D eigenvalue weighted by Crippen LogP contribution is 2.34. The van der Waals surface area contributed by atoms with Crippen molar-refractivity contribution >= 4 is 35.0 Å². The number of amides is 2. The highest BCUT2D eigenvalue weighted by atomic mass is 32.2. The normalized spacial score (nSPS) is 10.4. The fraction of sp³-hybridized carbons (Fsp3) is 0.130. The van der Waals surface area contributed by atoms with Crippen LogP contribution in [0.2, 0.25) is 0 Å². The molecule has 0 aliphatic carbocycles. The van der Waals surface area contributed by atoms with E-state index >= 15 is 0 Å². The van der Waals surface area contributed by atoms with Crippen LogP contribution >= 0.6 is 11.8 Å². The predicted molar refractivity (Wildman–Crippen MR) is 122 cm³/mol. The third-order valence-electron chi connectivity index (χ3n) is 4.33. The number of hydrogen-bond acceptors (Lipinski definition) is 6. The summed E-state index contributed by atoms with van der Waals surface area (Å²) < 4.78 is 19.5. The van der Waals surface area contributed by atoms with Gasteiger partial charge in [0.05, 0.1) is 10.5 Å². The number of likely N-dealkylation sites (N-methyl/N-ethyl adjacent to an activating group) is 1. The summed E-state index contributed by atoms with van der Waals surface area (Å²) in [5, 5.41) is 16.5. The molecule has 3 aromatic carbocycles. The minimum absolute atomic E-state index is 0.0361. The van der Waals surface area contributed by atoms with Gasteiger partial charge in [0.2, 0.25) is 0 Å². The van der Waals surface area contributed by atoms with E-state index in [1.165, 1.54) is 18.2 Å². The molecule has 0 radical (unpaired) electrons. The Morgan fingerprint density at radius 1 is 1.06 bits per heavy atom. The topological polar surface area (TPSA) is 111 Å². The van der Waals surface area contributed by atoms with Crippen molar-refractivity contribution in [2.75, 3.05) is 18.5 Å². The molecule has 3 rings (SSSR count). The van der Waals surface area contributed by atoms with Crippen LogP contribution in [-0.2, 0) is 4.79 Å². The molecular formula is C23H20FN3O5S. The highest BCUT2D eigenvalue weighted by molar-refractivity contribution is 7.99. The fourth-order valence-electron chi connectivity index (χ4n) is 2.77. The van der Waals surface area contributed by atoms with Gasteiger partial charge in [0, 0.05) is 34.2 Å². The average molecular weight is 469 g/mol. The minimum Gasteiger partial charge on any atom is -0.484 e. The maximum Gasteiger partial charge on any atom is 0.270 e.